The summed E-state index contributed by atoms with van der Waals surface area (Å²) in [6, 6.07) is 11.1. The zero-order valence-corrected chi connectivity index (χ0v) is 11.7. The number of anilines is 1. The molecular weight excluding hydrogens is 281 g/mol. The number of nitrogens with one attached hydrogen (secondary N) is 1. The van der Waals surface area contributed by atoms with Crippen LogP contribution in [0.1, 0.15) is 11.7 Å². The maximum Gasteiger partial charge on any atom is 0.137 e. The number of aliphatic hydroxyl groups is 1. The summed E-state index contributed by atoms with van der Waals surface area (Å²) >= 11 is 6.01. The molecule has 2 aromatic rings. The lowest BCUT2D eigenvalue weighted by molar-refractivity contribution is 0.191. The van der Waals surface area contributed by atoms with E-state index >= 15 is 0 Å². The molecule has 5 heteroatoms. The molecule has 0 bridgehead atoms. The number of hydrogen-bond acceptors (Lipinski definition) is 3. The normalized spacial score (nSPS) is 12.0. The molecule has 2 rings (SSSR count). The second kappa shape index (κ2) is 6.59. The molecule has 0 aliphatic rings. The molecule has 0 radical (unpaired) electrons. The molecule has 2 aromatic carbocycles. The summed E-state index contributed by atoms with van der Waals surface area (Å²) in [7, 11) is 1.54. The first-order chi connectivity index (χ1) is 9.60. The van der Waals surface area contributed by atoms with Crippen LogP contribution in [-0.4, -0.2) is 18.8 Å². The Morgan fingerprint density at radius 2 is 2.10 bits per heavy atom. The van der Waals surface area contributed by atoms with Gasteiger partial charge < -0.3 is 15.2 Å². The number of halogens is 2. The van der Waals surface area contributed by atoms with Crippen LogP contribution in [0.2, 0.25) is 5.02 Å². The first-order valence-corrected chi connectivity index (χ1v) is 6.49. The van der Waals surface area contributed by atoms with E-state index in [1.165, 1.54) is 12.1 Å². The zero-order valence-electron chi connectivity index (χ0n) is 10.9. The van der Waals surface area contributed by atoms with Crippen molar-refractivity contribution in [2.24, 2.45) is 0 Å². The van der Waals surface area contributed by atoms with Crippen molar-refractivity contribution in [2.45, 2.75) is 6.10 Å². The fourth-order valence-electron chi connectivity index (χ4n) is 1.82. The zero-order chi connectivity index (χ0) is 14.5. The van der Waals surface area contributed by atoms with Crippen molar-refractivity contribution >= 4 is 17.3 Å². The van der Waals surface area contributed by atoms with E-state index in [1.54, 1.807) is 37.4 Å². The van der Waals surface area contributed by atoms with Gasteiger partial charge in [0.2, 0.25) is 0 Å². The topological polar surface area (TPSA) is 41.5 Å². The van der Waals surface area contributed by atoms with E-state index in [2.05, 4.69) is 5.32 Å². The number of benzene rings is 2. The van der Waals surface area contributed by atoms with Crippen molar-refractivity contribution in [1.29, 1.82) is 0 Å². The highest BCUT2D eigenvalue weighted by molar-refractivity contribution is 6.32. The predicted molar refractivity (Wildman–Crippen MR) is 77.9 cm³/mol. The van der Waals surface area contributed by atoms with Crippen LogP contribution in [0.4, 0.5) is 10.1 Å². The fourth-order valence-corrected chi connectivity index (χ4v) is 2.08. The maximum absolute atomic E-state index is 13.1. The SMILES string of the molecule is COc1ccc(NCC(O)c2cccc(F)c2)cc1Cl. The third-order valence-corrected chi connectivity index (χ3v) is 3.18. The molecule has 20 heavy (non-hydrogen) atoms. The second-order valence-electron chi connectivity index (χ2n) is 4.30. The van der Waals surface area contributed by atoms with Gasteiger partial charge in [0.25, 0.3) is 0 Å². The highest BCUT2D eigenvalue weighted by Crippen LogP contribution is 2.27. The fraction of sp³-hybridized carbons (Fsp3) is 0.200. The minimum atomic E-state index is -0.799. The quantitative estimate of drug-likeness (QED) is 0.885. The van der Waals surface area contributed by atoms with Crippen LogP contribution in [0.15, 0.2) is 42.5 Å². The van der Waals surface area contributed by atoms with Crippen LogP contribution >= 0.6 is 11.6 Å². The third-order valence-electron chi connectivity index (χ3n) is 2.88. The van der Waals surface area contributed by atoms with Gasteiger partial charge in [-0.2, -0.15) is 0 Å². The van der Waals surface area contributed by atoms with Crippen molar-refractivity contribution in [3.63, 3.8) is 0 Å². The van der Waals surface area contributed by atoms with E-state index in [-0.39, 0.29) is 12.4 Å². The van der Waals surface area contributed by atoms with Crippen LogP contribution in [0, 0.1) is 5.82 Å². The number of aliphatic hydroxyl groups excluding tert-OH is 1. The Kier molecular flexibility index (Phi) is 4.82. The number of methoxy groups -OCH3 is 1. The molecule has 0 saturated carbocycles. The van der Waals surface area contributed by atoms with E-state index in [4.69, 9.17) is 16.3 Å². The van der Waals surface area contributed by atoms with Gasteiger partial charge in [0.15, 0.2) is 0 Å². The molecule has 0 amide bonds. The van der Waals surface area contributed by atoms with E-state index in [1.807, 2.05) is 0 Å². The Morgan fingerprint density at radius 3 is 2.75 bits per heavy atom. The van der Waals surface area contributed by atoms with Crippen molar-refractivity contribution in [3.05, 3.63) is 58.9 Å². The molecule has 1 atom stereocenters. The molecule has 0 aromatic heterocycles. The van der Waals surface area contributed by atoms with Crippen LogP contribution in [0.5, 0.6) is 5.75 Å². The Labute approximate surface area is 122 Å². The first kappa shape index (κ1) is 14.6. The minimum absolute atomic E-state index is 0.256. The van der Waals surface area contributed by atoms with Crippen LogP contribution in [-0.2, 0) is 0 Å². The monoisotopic (exact) mass is 295 g/mol. The molecule has 1 unspecified atom stereocenters. The largest absolute Gasteiger partial charge is 0.495 e. The molecule has 3 nitrogen and oxygen atoms in total. The average Bonchev–Trinajstić information content (AvgIpc) is 2.45. The van der Waals surface area contributed by atoms with Crippen LogP contribution in [0.3, 0.4) is 0 Å². The van der Waals surface area contributed by atoms with Gasteiger partial charge in [-0.25, -0.2) is 4.39 Å². The van der Waals surface area contributed by atoms with Crippen LogP contribution in [0.25, 0.3) is 0 Å². The summed E-state index contributed by atoms with van der Waals surface area (Å²) in [6.45, 7) is 0.256. The Hall–Kier alpha value is -1.78. The predicted octanol–water partition coefficient (Wildman–Crippen LogP) is 3.63. The molecule has 2 N–H and O–H groups in total. The molecule has 106 valence electrons. The van der Waals surface area contributed by atoms with Gasteiger partial charge in [0.05, 0.1) is 18.2 Å². The summed E-state index contributed by atoms with van der Waals surface area (Å²) in [6.07, 6.45) is -0.799. The number of ether oxygens (including phenoxy) is 1. The average molecular weight is 296 g/mol. The summed E-state index contributed by atoms with van der Waals surface area (Å²) < 4.78 is 18.1. The van der Waals surface area contributed by atoms with Crippen LogP contribution < -0.4 is 10.1 Å². The minimum Gasteiger partial charge on any atom is -0.495 e. The summed E-state index contributed by atoms with van der Waals surface area (Å²) in [5.41, 5.74) is 1.28. The van der Waals surface area contributed by atoms with Crippen molar-refractivity contribution in [1.82, 2.24) is 0 Å². The van der Waals surface area contributed by atoms with Crippen molar-refractivity contribution < 1.29 is 14.2 Å². The van der Waals surface area contributed by atoms with Gasteiger partial charge in [-0.1, -0.05) is 23.7 Å². The maximum atomic E-state index is 13.1. The number of rotatable bonds is 5. The van der Waals surface area contributed by atoms with Gasteiger partial charge in [0.1, 0.15) is 11.6 Å². The summed E-state index contributed by atoms with van der Waals surface area (Å²) in [5.74, 6) is 0.219. The highest BCUT2D eigenvalue weighted by Gasteiger charge is 2.09. The van der Waals surface area contributed by atoms with E-state index in [0.717, 1.165) is 5.69 Å². The van der Waals surface area contributed by atoms with Crippen molar-refractivity contribution in [2.75, 3.05) is 19.0 Å². The molecule has 0 saturated heterocycles. The smallest absolute Gasteiger partial charge is 0.137 e. The van der Waals surface area contributed by atoms with E-state index in [0.29, 0.717) is 16.3 Å². The standard InChI is InChI=1S/C15H15ClFNO2/c1-20-15-6-5-12(8-13(15)16)18-9-14(19)10-3-2-4-11(17)7-10/h2-8,14,18-19H,9H2,1H3. The second-order valence-corrected chi connectivity index (χ2v) is 4.71. The lowest BCUT2D eigenvalue weighted by atomic mass is 10.1. The van der Waals surface area contributed by atoms with Gasteiger partial charge in [-0.3, -0.25) is 0 Å². The Balaban J connectivity index is 1.99. The third kappa shape index (κ3) is 3.62. The van der Waals surface area contributed by atoms with Gasteiger partial charge in [-0.05, 0) is 35.9 Å². The summed E-state index contributed by atoms with van der Waals surface area (Å²) in [5, 5.41) is 13.5. The highest BCUT2D eigenvalue weighted by atomic mass is 35.5. The molecule has 0 aliphatic heterocycles. The molecule has 0 aliphatic carbocycles. The Bertz CT molecular complexity index is 592. The summed E-state index contributed by atoms with van der Waals surface area (Å²) in [4.78, 5) is 0. The Morgan fingerprint density at radius 1 is 1.30 bits per heavy atom. The van der Waals surface area contributed by atoms with Gasteiger partial charge in [-0.15, -0.1) is 0 Å². The molecule has 0 heterocycles. The molecule has 0 fully saturated rings. The first-order valence-electron chi connectivity index (χ1n) is 6.11. The lowest BCUT2D eigenvalue weighted by Crippen LogP contribution is -2.12. The number of hydrogen-bond donors (Lipinski definition) is 2. The van der Waals surface area contributed by atoms with Crippen molar-refractivity contribution in [3.8, 4) is 5.75 Å². The van der Waals surface area contributed by atoms with Gasteiger partial charge in [0, 0.05) is 12.2 Å². The van der Waals surface area contributed by atoms with E-state index in [9.17, 15) is 9.50 Å². The van der Waals surface area contributed by atoms with Gasteiger partial charge >= 0.3 is 0 Å². The molecular formula is C15H15ClFNO2. The lowest BCUT2D eigenvalue weighted by Gasteiger charge is -2.14. The molecule has 0 spiro atoms. The van der Waals surface area contributed by atoms with E-state index < -0.39 is 6.10 Å².